The summed E-state index contributed by atoms with van der Waals surface area (Å²) in [7, 11) is 3.59. The second-order valence-corrected chi connectivity index (χ2v) is 24.4. The van der Waals surface area contributed by atoms with E-state index in [1.54, 1.807) is 38.1 Å². The quantitative estimate of drug-likeness (QED) is 0.0401. The zero-order valence-corrected chi connectivity index (χ0v) is 45.7. The number of anilines is 1. The Balaban J connectivity index is 1.26. The van der Waals surface area contributed by atoms with E-state index in [9.17, 15) is 51.6 Å². The third-order valence-corrected chi connectivity index (χ3v) is 18.3. The molecule has 0 saturated carbocycles. The summed E-state index contributed by atoms with van der Waals surface area (Å²) in [5, 5.41) is 15.1. The van der Waals surface area contributed by atoms with Crippen LogP contribution in [0.4, 0.5) is 10.5 Å². The number of carbonyl (C=O) groups is 7. The molecule has 1 aromatic carbocycles. The third kappa shape index (κ3) is 14.8. The molecule has 73 heavy (non-hydrogen) atoms. The Hall–Kier alpha value is -4.69. The molecule has 4 aliphatic rings. The molecular weight excluding hydrogens is 1030 g/mol. The number of epoxide rings is 1. The standard InChI is InChI=1S/C48H66ClN5O16S3/c1-27-12-11-13-35(67-10)48(62)26-33(68-45(61)51-48)28(2)42-47(6,70-42)36(25-40(58)53(8)31-23-30(22-27)24-32(66-9)41(31)49)69-44(60)29(3)52(7)37(55)16-18-46(4,5)72-71-21-17-34(73(63,64)65)43(59)50-19-20-54-38(56)14-15-39(54)57/h11-15,23-24,28-29,33-36,42,62H,16-22,25-26H2,1-10H3,(H,50,59)(H,51,61)(H,63,64,65)/b13-11+,27-12+/t28?,29-,33?,34?,35?,36?,42+,47+,48?/m0/s1. The zero-order chi connectivity index (χ0) is 54.4. The predicted octanol–water partition coefficient (Wildman–Crippen LogP) is 4.14. The molecule has 4 bridgehead atoms. The molecule has 6 amide bonds. The molecule has 25 heteroatoms. The lowest BCUT2D eigenvalue weighted by atomic mass is 9.83. The van der Waals surface area contributed by atoms with Crippen molar-refractivity contribution in [2.75, 3.05) is 52.1 Å². The highest BCUT2D eigenvalue weighted by Crippen LogP contribution is 2.49. The van der Waals surface area contributed by atoms with Crippen LogP contribution in [0, 0.1) is 5.92 Å². The Kier molecular flexibility index (Phi) is 19.7. The highest BCUT2D eigenvalue weighted by Gasteiger charge is 2.64. The van der Waals surface area contributed by atoms with Crippen LogP contribution >= 0.6 is 33.2 Å². The van der Waals surface area contributed by atoms with E-state index in [-0.39, 0.29) is 43.1 Å². The number of hydrogen-bond donors (Lipinski definition) is 4. The molecule has 1 aromatic rings. The molecule has 21 nitrogen and oxygen atoms in total. The van der Waals surface area contributed by atoms with E-state index in [4.69, 9.17) is 35.3 Å². The van der Waals surface area contributed by atoms with Crippen molar-refractivity contribution in [3.8, 4) is 5.75 Å². The first-order valence-electron chi connectivity index (χ1n) is 23.5. The number of amides is 6. The van der Waals surface area contributed by atoms with Gasteiger partial charge in [-0.2, -0.15) is 8.42 Å². The minimum absolute atomic E-state index is 0.0188. The van der Waals surface area contributed by atoms with Gasteiger partial charge < -0.3 is 43.9 Å². The molecular formula is C48H66ClN5O16S3. The number of ether oxygens (including phenoxy) is 5. The van der Waals surface area contributed by atoms with E-state index in [1.807, 2.05) is 26.8 Å². The summed E-state index contributed by atoms with van der Waals surface area (Å²) in [6.07, 6.45) is 2.42. The number of halogens is 1. The average molecular weight is 1100 g/mol. The predicted molar refractivity (Wildman–Crippen MR) is 273 cm³/mol. The Morgan fingerprint density at radius 2 is 1.81 bits per heavy atom. The summed E-state index contributed by atoms with van der Waals surface area (Å²) in [6.45, 7) is 10.1. The van der Waals surface area contributed by atoms with Crippen LogP contribution in [-0.4, -0.2) is 168 Å². The van der Waals surface area contributed by atoms with Crippen LogP contribution in [0.5, 0.6) is 5.75 Å². The van der Waals surface area contributed by atoms with Gasteiger partial charge in [-0.25, -0.2) is 9.59 Å². The maximum absolute atomic E-state index is 14.4. The number of likely N-dealkylation sites (N-methyl/N-ethyl adjacent to an activating group) is 1. The summed E-state index contributed by atoms with van der Waals surface area (Å²) in [5.74, 6) is -4.05. The van der Waals surface area contributed by atoms with Gasteiger partial charge in [-0.15, -0.1) is 0 Å². The van der Waals surface area contributed by atoms with Gasteiger partial charge in [0.05, 0.1) is 25.3 Å². The van der Waals surface area contributed by atoms with Gasteiger partial charge in [-0.1, -0.05) is 63.9 Å². The summed E-state index contributed by atoms with van der Waals surface area (Å²) in [5.41, 5.74) is -1.25. The summed E-state index contributed by atoms with van der Waals surface area (Å²) < 4.78 is 62.8. The number of nitrogens with one attached hydrogen (secondary N) is 2. The Morgan fingerprint density at radius 3 is 2.44 bits per heavy atom. The van der Waals surface area contributed by atoms with E-state index in [0.717, 1.165) is 28.2 Å². The zero-order valence-electron chi connectivity index (χ0n) is 42.5. The number of hydrogen-bond acceptors (Lipinski definition) is 17. The fourth-order valence-corrected chi connectivity index (χ4v) is 12.6. The molecule has 0 aliphatic carbocycles. The number of imide groups is 1. The Labute approximate surface area is 438 Å². The number of aliphatic hydroxyl groups is 1. The van der Waals surface area contributed by atoms with Gasteiger partial charge in [0, 0.05) is 75.7 Å². The number of alkyl carbamates (subject to hydrolysis) is 1. The van der Waals surface area contributed by atoms with Crippen LogP contribution in [-0.2, 0) is 64.3 Å². The van der Waals surface area contributed by atoms with Crippen molar-refractivity contribution in [3.63, 3.8) is 0 Å². The Bertz CT molecular complexity index is 2490. The van der Waals surface area contributed by atoms with E-state index in [2.05, 4.69) is 10.6 Å². The molecule has 404 valence electrons. The molecule has 0 spiro atoms. The maximum Gasteiger partial charge on any atom is 0.409 e. The molecule has 2 saturated heterocycles. The largest absolute Gasteiger partial charge is 0.495 e. The molecule has 4 N–H and O–H groups in total. The molecule has 2 fully saturated rings. The van der Waals surface area contributed by atoms with Crippen LogP contribution < -0.4 is 20.3 Å². The third-order valence-electron chi connectivity index (χ3n) is 13.4. The topological polar surface area (TPSA) is 277 Å². The van der Waals surface area contributed by atoms with Crippen molar-refractivity contribution < 1.29 is 75.3 Å². The van der Waals surface area contributed by atoms with Gasteiger partial charge in [0.15, 0.2) is 11.0 Å². The van der Waals surface area contributed by atoms with Crippen molar-refractivity contribution in [1.29, 1.82) is 0 Å². The first-order valence-corrected chi connectivity index (χ1v) is 27.7. The van der Waals surface area contributed by atoms with E-state index in [0.29, 0.717) is 24.3 Å². The SMILES string of the molecule is COc1cc2cc(c1Cl)N(C)C(=O)CC(OC(=O)[C@H](C)N(C)C(=O)CCC(C)(C)SSCCC(C(=O)NCCN1C(=O)C=CC1=O)S(=O)(=O)O)[C@@]1(C)O[C@@H]1C(C)C1CC(O)(NC(=O)O1)C(OC)/C=C/C=C(\C)C2. The smallest absolute Gasteiger partial charge is 0.409 e. The molecule has 5 rings (SSSR count). The molecule has 4 heterocycles. The second kappa shape index (κ2) is 24.3. The maximum atomic E-state index is 14.4. The minimum Gasteiger partial charge on any atom is -0.495 e. The fourth-order valence-electron chi connectivity index (χ4n) is 8.67. The summed E-state index contributed by atoms with van der Waals surface area (Å²) in [6, 6.07) is 2.36. The number of methoxy groups -OCH3 is 2. The number of allylic oxidation sites excluding steroid dienone is 3. The van der Waals surface area contributed by atoms with E-state index in [1.165, 1.54) is 66.6 Å². The highest BCUT2D eigenvalue weighted by molar-refractivity contribution is 8.77. The van der Waals surface area contributed by atoms with E-state index < -0.39 is 116 Å². The fraction of sp³-hybridized carbons (Fsp3) is 0.604. The monoisotopic (exact) mass is 1100 g/mol. The Morgan fingerprint density at radius 1 is 1.14 bits per heavy atom. The van der Waals surface area contributed by atoms with Gasteiger partial charge >= 0.3 is 12.1 Å². The van der Waals surface area contributed by atoms with Crippen molar-refractivity contribution in [1.82, 2.24) is 20.4 Å². The average Bonchev–Trinajstić information content (AvgIpc) is 3.92. The van der Waals surface area contributed by atoms with Crippen molar-refractivity contribution in [2.24, 2.45) is 5.92 Å². The number of rotatable bonds is 18. The van der Waals surface area contributed by atoms with Crippen LogP contribution in [0.15, 0.2) is 48.1 Å². The lowest BCUT2D eigenvalue weighted by molar-refractivity contribution is -0.162. The van der Waals surface area contributed by atoms with Crippen molar-refractivity contribution in [3.05, 3.63) is 58.7 Å². The van der Waals surface area contributed by atoms with Crippen LogP contribution in [0.3, 0.4) is 0 Å². The van der Waals surface area contributed by atoms with Gasteiger partial charge in [-0.3, -0.25) is 38.7 Å². The van der Waals surface area contributed by atoms with Gasteiger partial charge in [0.1, 0.15) is 40.7 Å². The molecule has 6 unspecified atom stereocenters. The first kappa shape index (κ1) is 59.2. The lowest BCUT2D eigenvalue weighted by Crippen LogP contribution is -2.63. The number of esters is 1. The normalized spacial score (nSPS) is 27.7. The molecule has 0 aromatic heterocycles. The van der Waals surface area contributed by atoms with Gasteiger partial charge in [0.2, 0.25) is 17.7 Å². The van der Waals surface area contributed by atoms with Crippen LogP contribution in [0.1, 0.15) is 79.2 Å². The van der Waals surface area contributed by atoms with Crippen molar-refractivity contribution >= 4 is 90.6 Å². The lowest BCUT2D eigenvalue weighted by Gasteiger charge is -2.42. The first-order chi connectivity index (χ1) is 34.0. The number of benzene rings is 1. The molecule has 4 aliphatic heterocycles. The van der Waals surface area contributed by atoms with Crippen LogP contribution in [0.2, 0.25) is 5.02 Å². The highest BCUT2D eigenvalue weighted by atomic mass is 35.5. The number of nitrogens with zero attached hydrogens (tertiary/aromatic N) is 3. The second-order valence-electron chi connectivity index (χ2n) is 19.3. The van der Waals surface area contributed by atoms with E-state index >= 15 is 0 Å². The van der Waals surface area contributed by atoms with Crippen LogP contribution in [0.25, 0.3) is 0 Å². The summed E-state index contributed by atoms with van der Waals surface area (Å²) >= 11 is 6.81. The van der Waals surface area contributed by atoms with Gasteiger partial charge in [-0.05, 0) is 71.6 Å². The molecule has 9 atom stereocenters. The van der Waals surface area contributed by atoms with Crippen molar-refractivity contribution in [2.45, 2.75) is 132 Å². The summed E-state index contributed by atoms with van der Waals surface area (Å²) in [4.78, 5) is 94.9. The molecule has 0 radical (unpaired) electrons. The van der Waals surface area contributed by atoms with Gasteiger partial charge in [0.25, 0.3) is 21.9 Å². The number of fused-ring (bicyclic) bond motifs is 5. The minimum atomic E-state index is -4.81. The number of carbonyl (C=O) groups excluding carboxylic acids is 7.